The Morgan fingerprint density at radius 1 is 1.14 bits per heavy atom. The largest absolute Gasteiger partial charge is 0.493 e. The Hall–Kier alpha value is -2.53. The van der Waals surface area contributed by atoms with Gasteiger partial charge < -0.3 is 14.8 Å². The number of hydrogen-bond donors (Lipinski definition) is 1. The van der Waals surface area contributed by atoms with E-state index in [1.165, 1.54) is 5.56 Å². The normalized spacial score (nSPS) is 16.7. The van der Waals surface area contributed by atoms with Crippen LogP contribution in [0.2, 0.25) is 0 Å². The fourth-order valence-electron chi connectivity index (χ4n) is 3.59. The number of nitrogens with one attached hydrogen (secondary N) is 1. The topological polar surface area (TPSA) is 50.8 Å². The van der Waals surface area contributed by atoms with E-state index in [9.17, 15) is 4.79 Å². The molecule has 1 aliphatic heterocycles. The molecule has 0 aliphatic carbocycles. The van der Waals surface area contributed by atoms with Crippen molar-refractivity contribution >= 4 is 5.91 Å². The highest BCUT2D eigenvalue weighted by molar-refractivity contribution is 5.82. The zero-order chi connectivity index (χ0) is 19.8. The number of rotatable bonds is 9. The van der Waals surface area contributed by atoms with Crippen LogP contribution >= 0.6 is 0 Å². The Kier molecular flexibility index (Phi) is 7.31. The summed E-state index contributed by atoms with van der Waals surface area (Å²) in [6.45, 7) is 4.99. The van der Waals surface area contributed by atoms with E-state index in [2.05, 4.69) is 29.3 Å². The Bertz CT molecular complexity index is 764. The van der Waals surface area contributed by atoms with Crippen molar-refractivity contribution in [3.8, 4) is 11.5 Å². The van der Waals surface area contributed by atoms with Gasteiger partial charge in [-0.1, -0.05) is 43.3 Å². The summed E-state index contributed by atoms with van der Waals surface area (Å²) in [7, 11) is 1.64. The Morgan fingerprint density at radius 3 is 2.71 bits per heavy atom. The molecular weight excluding hydrogens is 352 g/mol. The molecule has 3 rings (SSSR count). The highest BCUT2D eigenvalue weighted by atomic mass is 16.5. The molecule has 1 unspecified atom stereocenters. The number of hydrogen-bond acceptors (Lipinski definition) is 4. The second-order valence-corrected chi connectivity index (χ2v) is 7.17. The molecule has 1 aliphatic rings. The number of amides is 1. The summed E-state index contributed by atoms with van der Waals surface area (Å²) in [5.74, 6) is 1.54. The lowest BCUT2D eigenvalue weighted by molar-refractivity contribution is -0.125. The van der Waals surface area contributed by atoms with Crippen molar-refractivity contribution in [1.29, 1.82) is 0 Å². The third-order valence-electron chi connectivity index (χ3n) is 5.05. The monoisotopic (exact) mass is 382 g/mol. The highest BCUT2D eigenvalue weighted by Gasteiger charge is 2.30. The summed E-state index contributed by atoms with van der Waals surface area (Å²) in [6.07, 6.45) is 2.91. The third kappa shape index (κ3) is 5.26. The second-order valence-electron chi connectivity index (χ2n) is 7.17. The fraction of sp³-hybridized carbons (Fsp3) is 0.435. The van der Waals surface area contributed by atoms with Gasteiger partial charge in [0.05, 0.1) is 19.8 Å². The first-order valence-electron chi connectivity index (χ1n) is 10.1. The predicted molar refractivity (Wildman–Crippen MR) is 111 cm³/mol. The van der Waals surface area contributed by atoms with Gasteiger partial charge in [-0.05, 0) is 49.1 Å². The highest BCUT2D eigenvalue weighted by Crippen LogP contribution is 2.28. The van der Waals surface area contributed by atoms with Gasteiger partial charge in [0.1, 0.15) is 0 Å². The smallest absolute Gasteiger partial charge is 0.237 e. The van der Waals surface area contributed by atoms with Crippen molar-refractivity contribution in [2.75, 3.05) is 20.3 Å². The molecule has 0 radical (unpaired) electrons. The van der Waals surface area contributed by atoms with Crippen LogP contribution in [0.4, 0.5) is 0 Å². The number of nitrogens with zero attached hydrogens (tertiary/aromatic N) is 1. The Morgan fingerprint density at radius 2 is 1.96 bits per heavy atom. The van der Waals surface area contributed by atoms with Gasteiger partial charge in [-0.2, -0.15) is 0 Å². The van der Waals surface area contributed by atoms with Crippen LogP contribution < -0.4 is 14.8 Å². The van der Waals surface area contributed by atoms with Crippen molar-refractivity contribution in [3.05, 3.63) is 59.7 Å². The number of benzene rings is 2. The molecule has 5 nitrogen and oxygen atoms in total. The lowest BCUT2D eigenvalue weighted by Gasteiger charge is -2.23. The molecule has 0 aromatic heterocycles. The van der Waals surface area contributed by atoms with E-state index in [1.807, 2.05) is 36.4 Å². The molecule has 2 aromatic carbocycles. The zero-order valence-electron chi connectivity index (χ0n) is 16.8. The van der Waals surface area contributed by atoms with Gasteiger partial charge >= 0.3 is 0 Å². The molecule has 0 saturated carbocycles. The van der Waals surface area contributed by atoms with Crippen LogP contribution in [0.15, 0.2) is 48.5 Å². The maximum absolute atomic E-state index is 12.8. The first-order valence-corrected chi connectivity index (χ1v) is 10.1. The summed E-state index contributed by atoms with van der Waals surface area (Å²) in [4.78, 5) is 15.0. The number of carbonyl (C=O) groups excluding carboxylic acids is 1. The van der Waals surface area contributed by atoms with Crippen LogP contribution in [0.1, 0.15) is 37.3 Å². The van der Waals surface area contributed by atoms with E-state index in [4.69, 9.17) is 9.47 Å². The zero-order valence-corrected chi connectivity index (χ0v) is 16.8. The molecule has 0 spiro atoms. The summed E-state index contributed by atoms with van der Waals surface area (Å²) < 4.78 is 11.1. The number of methoxy groups -OCH3 is 1. The van der Waals surface area contributed by atoms with E-state index in [0.29, 0.717) is 18.9 Å². The number of likely N-dealkylation sites (tertiary alicyclic amines) is 1. The van der Waals surface area contributed by atoms with Gasteiger partial charge in [0.2, 0.25) is 5.91 Å². The van der Waals surface area contributed by atoms with Crippen molar-refractivity contribution in [3.63, 3.8) is 0 Å². The lowest BCUT2D eigenvalue weighted by Crippen LogP contribution is -2.42. The molecule has 0 bridgehead atoms. The van der Waals surface area contributed by atoms with E-state index in [0.717, 1.165) is 43.7 Å². The van der Waals surface area contributed by atoms with E-state index in [1.54, 1.807) is 7.11 Å². The van der Waals surface area contributed by atoms with Crippen molar-refractivity contribution in [1.82, 2.24) is 10.2 Å². The molecule has 150 valence electrons. The molecule has 2 aromatic rings. The molecule has 28 heavy (non-hydrogen) atoms. The number of carbonyl (C=O) groups is 1. The fourth-order valence-corrected chi connectivity index (χ4v) is 3.59. The summed E-state index contributed by atoms with van der Waals surface area (Å²) in [6, 6.07) is 16.1. The Balaban J connectivity index is 1.57. The SMILES string of the molecule is CCCOc1ccc(CNC(=O)C2CCCN2Cc2ccccc2)cc1OC. The minimum atomic E-state index is -0.0609. The van der Waals surface area contributed by atoms with Crippen LogP contribution in [-0.4, -0.2) is 37.1 Å². The summed E-state index contributed by atoms with van der Waals surface area (Å²) >= 11 is 0. The molecular formula is C23H30N2O3. The van der Waals surface area contributed by atoms with Gasteiger partial charge in [0.15, 0.2) is 11.5 Å². The van der Waals surface area contributed by atoms with Crippen molar-refractivity contribution < 1.29 is 14.3 Å². The van der Waals surface area contributed by atoms with Gasteiger partial charge in [-0.15, -0.1) is 0 Å². The van der Waals surface area contributed by atoms with Gasteiger partial charge in [0.25, 0.3) is 0 Å². The quantitative estimate of drug-likeness (QED) is 0.717. The standard InChI is InChI=1S/C23H30N2O3/c1-3-14-28-21-12-11-19(15-22(21)27-2)16-24-23(26)20-10-7-13-25(20)17-18-8-5-4-6-9-18/h4-6,8-9,11-12,15,20H,3,7,10,13-14,16-17H2,1-2H3,(H,24,26). The second kappa shape index (κ2) is 10.1. The van der Waals surface area contributed by atoms with Crippen LogP contribution in [-0.2, 0) is 17.9 Å². The van der Waals surface area contributed by atoms with Crippen molar-refractivity contribution in [2.45, 2.75) is 45.3 Å². The molecule has 1 saturated heterocycles. The molecule has 1 atom stereocenters. The molecule has 1 heterocycles. The van der Waals surface area contributed by atoms with E-state index < -0.39 is 0 Å². The lowest BCUT2D eigenvalue weighted by atomic mass is 10.1. The Labute approximate surface area is 167 Å². The molecule has 1 fully saturated rings. The van der Waals surface area contributed by atoms with Gasteiger partial charge in [0, 0.05) is 13.1 Å². The minimum Gasteiger partial charge on any atom is -0.493 e. The van der Waals surface area contributed by atoms with E-state index in [-0.39, 0.29) is 11.9 Å². The van der Waals surface area contributed by atoms with Gasteiger partial charge in [-0.3, -0.25) is 9.69 Å². The van der Waals surface area contributed by atoms with Crippen LogP contribution in [0.5, 0.6) is 11.5 Å². The molecule has 5 heteroatoms. The average Bonchev–Trinajstić information content (AvgIpc) is 3.19. The first kappa shape index (κ1) is 20.2. The van der Waals surface area contributed by atoms with Crippen LogP contribution in [0.25, 0.3) is 0 Å². The maximum atomic E-state index is 12.8. The molecule has 1 N–H and O–H groups in total. The van der Waals surface area contributed by atoms with Gasteiger partial charge in [-0.25, -0.2) is 0 Å². The first-order chi connectivity index (χ1) is 13.7. The maximum Gasteiger partial charge on any atom is 0.237 e. The number of ether oxygens (including phenoxy) is 2. The predicted octanol–water partition coefficient (Wildman–Crippen LogP) is 3.76. The third-order valence-corrected chi connectivity index (χ3v) is 5.05. The van der Waals surface area contributed by atoms with Crippen LogP contribution in [0.3, 0.4) is 0 Å². The van der Waals surface area contributed by atoms with E-state index >= 15 is 0 Å². The minimum absolute atomic E-state index is 0.0609. The van der Waals surface area contributed by atoms with Crippen molar-refractivity contribution in [2.24, 2.45) is 0 Å². The summed E-state index contributed by atoms with van der Waals surface area (Å²) in [5, 5.41) is 3.09. The van der Waals surface area contributed by atoms with Crippen LogP contribution in [0, 0.1) is 0 Å². The summed E-state index contributed by atoms with van der Waals surface area (Å²) in [5.41, 5.74) is 2.25. The molecule has 1 amide bonds. The average molecular weight is 383 g/mol.